The monoisotopic (exact) mass is 529 g/mol. The molecule has 208 valence electrons. The predicted octanol–water partition coefficient (Wildman–Crippen LogP) is 10.0. The summed E-state index contributed by atoms with van der Waals surface area (Å²) in [5.41, 5.74) is 1.60. The summed E-state index contributed by atoms with van der Waals surface area (Å²) in [5, 5.41) is 4.50. The Balaban J connectivity index is -0.000000557. The van der Waals surface area contributed by atoms with Crippen molar-refractivity contribution in [2.24, 2.45) is 20.0 Å². The van der Waals surface area contributed by atoms with Crippen LogP contribution in [0.5, 0.6) is 0 Å². The molecule has 35 heavy (non-hydrogen) atoms. The second-order valence-corrected chi connectivity index (χ2v) is 10.4. The van der Waals surface area contributed by atoms with Crippen molar-refractivity contribution in [1.82, 2.24) is 9.13 Å². The van der Waals surface area contributed by atoms with Gasteiger partial charge in [0, 0.05) is 19.8 Å². The zero-order valence-electron chi connectivity index (χ0n) is 25.3. The Morgan fingerprint density at radius 1 is 0.914 bits per heavy atom. The number of unbranched alkanes of at least 4 members (excludes halogenated alkanes) is 2. The molecular weight excluding hydrogens is 470 g/mol. The minimum atomic E-state index is -0.0970. The number of nitrogens with zero attached hydrogens (tertiary/aromatic N) is 2. The molecule has 1 N–H and O–H groups in total. The predicted molar refractivity (Wildman–Crippen MR) is 166 cm³/mol. The summed E-state index contributed by atoms with van der Waals surface area (Å²) in [6.07, 6.45) is 13.6. The Morgan fingerprint density at radius 3 is 1.77 bits per heavy atom. The lowest BCUT2D eigenvalue weighted by Gasteiger charge is -2.16. The van der Waals surface area contributed by atoms with Gasteiger partial charge in [-0.1, -0.05) is 126 Å². The minimum Gasteiger partial charge on any atom is -0.347 e. The SMILES string of the molecule is CC/C=C(\Nc1c(C)n(C)c(=O)n(C)c1=S)SCCC.CCCC.CCCC.CCCC(C)CC. The van der Waals surface area contributed by atoms with Gasteiger partial charge in [0.2, 0.25) is 0 Å². The van der Waals surface area contributed by atoms with E-state index in [1.54, 1.807) is 30.4 Å². The maximum absolute atomic E-state index is 12.0. The highest BCUT2D eigenvalue weighted by Gasteiger charge is 2.10. The minimum absolute atomic E-state index is 0.0970. The molecule has 0 aliphatic carbocycles. The molecule has 0 saturated carbocycles. The van der Waals surface area contributed by atoms with E-state index < -0.39 is 0 Å². The molecular formula is C29H59N3OS2. The maximum Gasteiger partial charge on any atom is 0.328 e. The van der Waals surface area contributed by atoms with Gasteiger partial charge >= 0.3 is 5.69 Å². The second kappa shape index (κ2) is 26.1. The molecule has 0 amide bonds. The normalized spacial score (nSPS) is 11.3. The van der Waals surface area contributed by atoms with E-state index >= 15 is 0 Å². The molecule has 0 spiro atoms. The quantitative estimate of drug-likeness (QED) is 0.289. The lowest BCUT2D eigenvalue weighted by molar-refractivity contribution is 0.509. The van der Waals surface area contributed by atoms with Gasteiger partial charge in [0.15, 0.2) is 0 Å². The molecule has 6 heteroatoms. The zero-order valence-corrected chi connectivity index (χ0v) is 27.0. The number of hydrogen-bond donors (Lipinski definition) is 1. The lowest BCUT2D eigenvalue weighted by atomic mass is 10.0. The van der Waals surface area contributed by atoms with Crippen LogP contribution in [0.1, 0.15) is 126 Å². The molecule has 0 aliphatic rings. The third-order valence-corrected chi connectivity index (χ3v) is 7.21. The van der Waals surface area contributed by atoms with E-state index in [9.17, 15) is 4.79 Å². The Morgan fingerprint density at radius 2 is 1.43 bits per heavy atom. The van der Waals surface area contributed by atoms with Gasteiger partial charge in [-0.15, -0.1) is 11.8 Å². The van der Waals surface area contributed by atoms with Crippen LogP contribution in [0.15, 0.2) is 15.9 Å². The number of hydrogen-bond acceptors (Lipinski definition) is 4. The first kappa shape index (κ1) is 38.5. The molecule has 0 radical (unpaired) electrons. The molecule has 0 bridgehead atoms. The van der Waals surface area contributed by atoms with E-state index in [1.165, 1.54) is 49.5 Å². The molecule has 0 saturated heterocycles. The van der Waals surface area contributed by atoms with Crippen molar-refractivity contribution in [1.29, 1.82) is 0 Å². The summed E-state index contributed by atoms with van der Waals surface area (Å²) in [6.45, 7) is 21.7. The Bertz CT molecular complexity index is 758. The van der Waals surface area contributed by atoms with Gasteiger partial charge in [-0.2, -0.15) is 0 Å². The van der Waals surface area contributed by atoms with Crippen LogP contribution < -0.4 is 11.0 Å². The van der Waals surface area contributed by atoms with E-state index in [1.807, 2.05) is 6.92 Å². The number of aromatic nitrogens is 2. The molecule has 0 aliphatic heterocycles. The van der Waals surface area contributed by atoms with Crippen molar-refractivity contribution < 1.29 is 0 Å². The Labute approximate surface area is 228 Å². The highest BCUT2D eigenvalue weighted by atomic mass is 32.2. The average molecular weight is 530 g/mol. The summed E-state index contributed by atoms with van der Waals surface area (Å²) in [5.74, 6) is 2.01. The Kier molecular flexibility index (Phi) is 28.7. The molecule has 0 aromatic carbocycles. The number of rotatable bonds is 11. The van der Waals surface area contributed by atoms with Crippen LogP contribution in [0.3, 0.4) is 0 Å². The van der Waals surface area contributed by atoms with E-state index in [0.717, 1.165) is 40.9 Å². The van der Waals surface area contributed by atoms with Crippen molar-refractivity contribution in [3.8, 4) is 0 Å². The highest BCUT2D eigenvalue weighted by molar-refractivity contribution is 8.03. The molecule has 1 aromatic heterocycles. The fraction of sp³-hybridized carbons (Fsp3) is 0.793. The van der Waals surface area contributed by atoms with E-state index in [2.05, 4.69) is 73.7 Å². The third kappa shape index (κ3) is 18.9. The summed E-state index contributed by atoms with van der Waals surface area (Å²) in [7, 11) is 3.47. The van der Waals surface area contributed by atoms with Crippen LogP contribution in [0, 0.1) is 17.5 Å². The summed E-state index contributed by atoms with van der Waals surface area (Å²) < 4.78 is 3.66. The molecule has 4 nitrogen and oxygen atoms in total. The highest BCUT2D eigenvalue weighted by Crippen LogP contribution is 2.23. The fourth-order valence-corrected chi connectivity index (χ4v) is 3.61. The average Bonchev–Trinajstić information content (AvgIpc) is 2.88. The van der Waals surface area contributed by atoms with Crippen molar-refractivity contribution in [2.75, 3.05) is 11.1 Å². The van der Waals surface area contributed by atoms with Crippen LogP contribution in [0.25, 0.3) is 0 Å². The fourth-order valence-electron chi connectivity index (χ4n) is 2.45. The molecule has 1 atom stereocenters. The van der Waals surface area contributed by atoms with E-state index in [0.29, 0.717) is 4.64 Å². The number of thioether (sulfide) groups is 1. The van der Waals surface area contributed by atoms with Gasteiger partial charge in [0.25, 0.3) is 0 Å². The van der Waals surface area contributed by atoms with Crippen LogP contribution >= 0.6 is 24.0 Å². The van der Waals surface area contributed by atoms with Crippen molar-refractivity contribution in [2.45, 2.75) is 127 Å². The molecule has 1 aromatic rings. The van der Waals surface area contributed by atoms with Crippen LogP contribution in [-0.4, -0.2) is 14.9 Å². The van der Waals surface area contributed by atoms with Gasteiger partial charge in [-0.05, 0) is 31.4 Å². The largest absolute Gasteiger partial charge is 0.347 e. The second-order valence-electron chi connectivity index (χ2n) is 8.92. The number of nitrogens with one attached hydrogen (secondary N) is 1. The summed E-state index contributed by atoms with van der Waals surface area (Å²) >= 11 is 7.17. The smallest absolute Gasteiger partial charge is 0.328 e. The third-order valence-electron chi connectivity index (χ3n) is 5.54. The maximum atomic E-state index is 12.0. The first-order chi connectivity index (χ1) is 16.6. The molecule has 1 unspecified atom stereocenters. The van der Waals surface area contributed by atoms with Gasteiger partial charge < -0.3 is 5.32 Å². The molecule has 1 rings (SSSR count). The van der Waals surface area contributed by atoms with Gasteiger partial charge in [0.05, 0.1) is 10.7 Å². The van der Waals surface area contributed by atoms with E-state index in [-0.39, 0.29) is 5.69 Å². The molecule has 0 fully saturated rings. The van der Waals surface area contributed by atoms with E-state index in [4.69, 9.17) is 12.2 Å². The number of allylic oxidation sites excluding steroid dienone is 1. The summed E-state index contributed by atoms with van der Waals surface area (Å²) in [4.78, 5) is 12.0. The van der Waals surface area contributed by atoms with Crippen molar-refractivity contribution in [3.63, 3.8) is 0 Å². The van der Waals surface area contributed by atoms with Gasteiger partial charge in [-0.3, -0.25) is 9.13 Å². The molecule has 1 heterocycles. The van der Waals surface area contributed by atoms with Crippen molar-refractivity contribution in [3.05, 3.63) is 31.9 Å². The number of anilines is 1. The topological polar surface area (TPSA) is 39.0 Å². The van der Waals surface area contributed by atoms with Crippen LogP contribution in [0.4, 0.5) is 5.69 Å². The standard InChI is InChI=1S/C14H23N3OS2.C7H16.2C4H10/c1-6-8-11(20-9-7-2)15-12-10(3)16(4)14(18)17(5)13(12)19;1-4-6-7(3)5-2;2*1-3-4-2/h8,15H,6-7,9H2,1-5H3;7H,4-6H2,1-3H3;2*3-4H2,1-2H3/b11-8+;;;. The lowest BCUT2D eigenvalue weighted by Crippen LogP contribution is -2.30. The summed E-state index contributed by atoms with van der Waals surface area (Å²) in [6, 6.07) is 0. The zero-order chi connectivity index (χ0) is 27.8. The van der Waals surface area contributed by atoms with Gasteiger partial charge in [0.1, 0.15) is 4.64 Å². The van der Waals surface area contributed by atoms with Crippen LogP contribution in [-0.2, 0) is 14.1 Å². The van der Waals surface area contributed by atoms with Crippen molar-refractivity contribution >= 4 is 29.7 Å². The first-order valence-corrected chi connectivity index (χ1v) is 15.3. The van der Waals surface area contributed by atoms with Crippen LogP contribution in [0.2, 0.25) is 0 Å². The van der Waals surface area contributed by atoms with Gasteiger partial charge in [-0.25, -0.2) is 4.79 Å². The Hall–Kier alpha value is -1.01. The first-order valence-electron chi connectivity index (χ1n) is 13.9.